The van der Waals surface area contributed by atoms with Crippen LogP contribution in [0.4, 0.5) is 16.2 Å². The molecule has 3 N–H and O–H groups in total. The standard InChI is InChI=1S/C19H20N4O3/c1-13(2)21-19(25)23-16-7-5-15(6-8-16)22-18(24)12-26-17-9-3-14(11-20)4-10-17/h3-10,13H,12H2,1-2H3,(H,22,24)(H2,21,23,25). The van der Waals surface area contributed by atoms with Crippen molar-refractivity contribution in [2.75, 3.05) is 17.2 Å². The van der Waals surface area contributed by atoms with E-state index in [4.69, 9.17) is 10.00 Å². The lowest BCUT2D eigenvalue weighted by Crippen LogP contribution is -2.34. The topological polar surface area (TPSA) is 103 Å². The highest BCUT2D eigenvalue weighted by atomic mass is 16.5. The lowest BCUT2D eigenvalue weighted by atomic mass is 10.2. The molecule has 7 heteroatoms. The van der Waals surface area contributed by atoms with E-state index in [0.29, 0.717) is 22.7 Å². The number of anilines is 2. The van der Waals surface area contributed by atoms with Crippen LogP contribution in [0.5, 0.6) is 5.75 Å². The first kappa shape index (κ1) is 18.8. The van der Waals surface area contributed by atoms with E-state index in [0.717, 1.165) is 0 Å². The fourth-order valence-electron chi connectivity index (χ4n) is 2.04. The van der Waals surface area contributed by atoms with E-state index in [1.54, 1.807) is 48.5 Å². The summed E-state index contributed by atoms with van der Waals surface area (Å²) in [6.07, 6.45) is 0. The molecule has 0 aliphatic carbocycles. The van der Waals surface area contributed by atoms with Gasteiger partial charge in [0.1, 0.15) is 5.75 Å². The Bertz CT molecular complexity index is 793. The molecule has 0 fully saturated rings. The van der Waals surface area contributed by atoms with Gasteiger partial charge >= 0.3 is 6.03 Å². The SMILES string of the molecule is CC(C)NC(=O)Nc1ccc(NC(=O)COc2ccc(C#N)cc2)cc1. The highest BCUT2D eigenvalue weighted by Gasteiger charge is 2.06. The second kappa shape index (κ2) is 9.08. The Morgan fingerprint density at radius 1 is 1.00 bits per heavy atom. The van der Waals surface area contributed by atoms with Crippen molar-refractivity contribution in [3.8, 4) is 11.8 Å². The predicted octanol–water partition coefficient (Wildman–Crippen LogP) is 3.11. The maximum atomic E-state index is 11.9. The number of carbonyl (C=O) groups excluding carboxylic acids is 2. The van der Waals surface area contributed by atoms with E-state index in [2.05, 4.69) is 16.0 Å². The zero-order valence-corrected chi connectivity index (χ0v) is 14.6. The third kappa shape index (κ3) is 6.17. The average Bonchev–Trinajstić information content (AvgIpc) is 2.61. The molecule has 0 unspecified atom stereocenters. The van der Waals surface area contributed by atoms with Crippen molar-refractivity contribution in [3.05, 3.63) is 54.1 Å². The summed E-state index contributed by atoms with van der Waals surface area (Å²) < 4.78 is 5.37. The van der Waals surface area contributed by atoms with Gasteiger partial charge in [-0.05, 0) is 62.4 Å². The van der Waals surface area contributed by atoms with Crippen LogP contribution in [0.25, 0.3) is 0 Å². The third-order valence-electron chi connectivity index (χ3n) is 3.20. The molecule has 0 spiro atoms. The number of nitriles is 1. The van der Waals surface area contributed by atoms with Crippen molar-refractivity contribution in [2.45, 2.75) is 19.9 Å². The van der Waals surface area contributed by atoms with Crippen molar-refractivity contribution < 1.29 is 14.3 Å². The zero-order chi connectivity index (χ0) is 18.9. The third-order valence-corrected chi connectivity index (χ3v) is 3.20. The van der Waals surface area contributed by atoms with E-state index in [1.807, 2.05) is 19.9 Å². The van der Waals surface area contributed by atoms with Gasteiger partial charge in [-0.25, -0.2) is 4.79 Å². The van der Waals surface area contributed by atoms with Crippen molar-refractivity contribution in [2.24, 2.45) is 0 Å². The molecule has 134 valence electrons. The van der Waals surface area contributed by atoms with Crippen molar-refractivity contribution in [1.82, 2.24) is 5.32 Å². The summed E-state index contributed by atoms with van der Waals surface area (Å²) in [7, 11) is 0. The van der Waals surface area contributed by atoms with E-state index in [-0.39, 0.29) is 24.6 Å². The summed E-state index contributed by atoms with van der Waals surface area (Å²) in [5, 5.41) is 16.9. The molecule has 0 saturated heterocycles. The fourth-order valence-corrected chi connectivity index (χ4v) is 2.04. The molecule has 2 aromatic rings. The smallest absolute Gasteiger partial charge is 0.319 e. The number of benzene rings is 2. The number of ether oxygens (including phenoxy) is 1. The molecule has 3 amide bonds. The minimum atomic E-state index is -0.312. The summed E-state index contributed by atoms with van der Waals surface area (Å²) in [5.74, 6) is 0.197. The summed E-state index contributed by atoms with van der Waals surface area (Å²) in [4.78, 5) is 23.5. The van der Waals surface area contributed by atoms with Crippen molar-refractivity contribution >= 4 is 23.3 Å². The maximum Gasteiger partial charge on any atom is 0.319 e. The molecule has 0 atom stereocenters. The van der Waals surface area contributed by atoms with Crippen LogP contribution < -0.4 is 20.7 Å². The number of rotatable bonds is 6. The first-order chi connectivity index (χ1) is 12.5. The number of carbonyl (C=O) groups is 2. The number of hydrogen-bond acceptors (Lipinski definition) is 4. The van der Waals surface area contributed by atoms with E-state index < -0.39 is 0 Å². The van der Waals surface area contributed by atoms with E-state index >= 15 is 0 Å². The average molecular weight is 352 g/mol. The normalized spacial score (nSPS) is 9.92. The molecule has 2 rings (SSSR count). The van der Waals surface area contributed by atoms with Crippen LogP contribution in [0.1, 0.15) is 19.4 Å². The molecule has 0 radical (unpaired) electrons. The molecule has 26 heavy (non-hydrogen) atoms. The highest BCUT2D eigenvalue weighted by Crippen LogP contribution is 2.14. The first-order valence-electron chi connectivity index (χ1n) is 8.06. The van der Waals surface area contributed by atoms with Crippen LogP contribution in [0.3, 0.4) is 0 Å². The van der Waals surface area contributed by atoms with Gasteiger partial charge in [0.2, 0.25) is 0 Å². The van der Waals surface area contributed by atoms with Crippen LogP contribution >= 0.6 is 0 Å². The summed E-state index contributed by atoms with van der Waals surface area (Å²) >= 11 is 0. The van der Waals surface area contributed by atoms with Crippen molar-refractivity contribution in [3.63, 3.8) is 0 Å². The second-order valence-corrected chi connectivity index (χ2v) is 5.80. The molecule has 2 aromatic carbocycles. The van der Waals surface area contributed by atoms with Gasteiger partial charge in [0.05, 0.1) is 11.6 Å². The molecule has 0 bridgehead atoms. The molecule has 0 saturated carbocycles. The van der Waals surface area contributed by atoms with Gasteiger partial charge in [0, 0.05) is 17.4 Å². The Morgan fingerprint density at radius 3 is 2.12 bits per heavy atom. The van der Waals surface area contributed by atoms with Gasteiger partial charge in [0.15, 0.2) is 6.61 Å². The number of hydrogen-bond donors (Lipinski definition) is 3. The van der Waals surface area contributed by atoms with Gasteiger partial charge in [0.25, 0.3) is 5.91 Å². The second-order valence-electron chi connectivity index (χ2n) is 5.80. The quantitative estimate of drug-likeness (QED) is 0.743. The van der Waals surface area contributed by atoms with E-state index in [1.165, 1.54) is 0 Å². The number of amides is 3. The van der Waals surface area contributed by atoms with Crippen molar-refractivity contribution in [1.29, 1.82) is 5.26 Å². The van der Waals surface area contributed by atoms with Gasteiger partial charge in [-0.2, -0.15) is 5.26 Å². The summed E-state index contributed by atoms with van der Waals surface area (Å²) in [5.41, 5.74) is 1.74. The zero-order valence-electron chi connectivity index (χ0n) is 14.6. The largest absolute Gasteiger partial charge is 0.484 e. The number of nitrogens with zero attached hydrogens (tertiary/aromatic N) is 1. The monoisotopic (exact) mass is 352 g/mol. The molecule has 0 heterocycles. The Kier molecular flexibility index (Phi) is 6.57. The first-order valence-corrected chi connectivity index (χ1v) is 8.06. The fraction of sp³-hybridized carbons (Fsp3) is 0.211. The van der Waals surface area contributed by atoms with E-state index in [9.17, 15) is 9.59 Å². The van der Waals surface area contributed by atoms with Crippen LogP contribution in [-0.4, -0.2) is 24.6 Å². The summed E-state index contributed by atoms with van der Waals surface area (Å²) in [6, 6.07) is 15.0. The van der Waals surface area contributed by atoms with Gasteiger partial charge in [-0.15, -0.1) is 0 Å². The van der Waals surface area contributed by atoms with Crippen LogP contribution in [0.15, 0.2) is 48.5 Å². The van der Waals surface area contributed by atoms with Crippen LogP contribution in [0.2, 0.25) is 0 Å². The Balaban J connectivity index is 1.81. The maximum absolute atomic E-state index is 11.9. The minimum Gasteiger partial charge on any atom is -0.484 e. The minimum absolute atomic E-state index is 0.0460. The number of nitrogens with one attached hydrogen (secondary N) is 3. The highest BCUT2D eigenvalue weighted by molar-refractivity contribution is 5.93. The Labute approximate surface area is 152 Å². The molecule has 0 aliphatic rings. The Morgan fingerprint density at radius 2 is 1.58 bits per heavy atom. The molecular weight excluding hydrogens is 332 g/mol. The lowest BCUT2D eigenvalue weighted by Gasteiger charge is -2.11. The molecule has 0 aliphatic heterocycles. The number of urea groups is 1. The van der Waals surface area contributed by atoms with Gasteiger partial charge in [-0.3, -0.25) is 4.79 Å². The van der Waals surface area contributed by atoms with Crippen LogP contribution in [0, 0.1) is 11.3 Å². The molecule has 7 nitrogen and oxygen atoms in total. The van der Waals surface area contributed by atoms with Crippen LogP contribution in [-0.2, 0) is 4.79 Å². The van der Waals surface area contributed by atoms with Gasteiger partial charge in [-0.1, -0.05) is 0 Å². The Hall–Kier alpha value is -3.53. The molecular formula is C19H20N4O3. The predicted molar refractivity (Wildman–Crippen MR) is 99.0 cm³/mol. The van der Waals surface area contributed by atoms with Gasteiger partial charge < -0.3 is 20.7 Å². The molecule has 0 aromatic heterocycles. The summed E-state index contributed by atoms with van der Waals surface area (Å²) in [6.45, 7) is 3.60. The lowest BCUT2D eigenvalue weighted by molar-refractivity contribution is -0.118.